The van der Waals surface area contributed by atoms with Gasteiger partial charge in [0, 0.05) is 66.3 Å². The van der Waals surface area contributed by atoms with Gasteiger partial charge >= 0.3 is 0 Å². The average Bonchev–Trinajstić information content (AvgIpc) is 3.52. The molecule has 5 rings (SSSR count). The number of aromatic nitrogens is 1. The SMILES string of the molecule is CC(C)Cc1cc2cccc(-c3ccnc(-c4[c-]c5ccccc5c(C(C)(C)C)c4)c3)c2o1.CCC(C)(CC)C(=O)/C=C(\O)C(C)(CC)CC.[Ir]. The van der Waals surface area contributed by atoms with E-state index in [0.29, 0.717) is 5.92 Å². The minimum atomic E-state index is -0.337. The van der Waals surface area contributed by atoms with Gasteiger partial charge in [-0.2, -0.15) is 0 Å². The van der Waals surface area contributed by atoms with Gasteiger partial charge < -0.3 is 9.52 Å². The van der Waals surface area contributed by atoms with Crippen molar-refractivity contribution in [3.05, 3.63) is 102 Å². The van der Waals surface area contributed by atoms with Crippen LogP contribution in [0.4, 0.5) is 0 Å². The van der Waals surface area contributed by atoms with Crippen molar-refractivity contribution in [3.8, 4) is 22.4 Å². The number of furan rings is 1. The largest absolute Gasteiger partial charge is 0.512 e. The quantitative estimate of drug-likeness (QED) is 0.0816. The molecule has 0 bridgehead atoms. The molecule has 2 heterocycles. The fourth-order valence-electron chi connectivity index (χ4n) is 6.26. The molecule has 3 aromatic carbocycles. The number of pyridine rings is 1. The summed E-state index contributed by atoms with van der Waals surface area (Å²) in [5.41, 5.74) is 5.83. The van der Waals surface area contributed by atoms with Crippen molar-refractivity contribution in [2.45, 2.75) is 114 Å². The van der Waals surface area contributed by atoms with Crippen LogP contribution in [0.3, 0.4) is 0 Å². The Balaban J connectivity index is 0.000000335. The van der Waals surface area contributed by atoms with E-state index >= 15 is 0 Å². The molecule has 0 aliphatic rings. The average molecular weight is 865 g/mol. The fourth-order valence-corrected chi connectivity index (χ4v) is 6.26. The summed E-state index contributed by atoms with van der Waals surface area (Å²) in [6.45, 7) is 23.3. The van der Waals surface area contributed by atoms with Crippen LogP contribution in [0, 0.1) is 22.8 Å². The molecule has 0 aliphatic carbocycles. The van der Waals surface area contributed by atoms with Gasteiger partial charge in [-0.1, -0.05) is 130 Å². The molecule has 4 nitrogen and oxygen atoms in total. The summed E-state index contributed by atoms with van der Waals surface area (Å²) < 4.78 is 6.30. The first-order valence-electron chi connectivity index (χ1n) is 18.5. The molecule has 51 heavy (non-hydrogen) atoms. The summed E-state index contributed by atoms with van der Waals surface area (Å²) in [4.78, 5) is 16.9. The molecule has 0 aliphatic heterocycles. The monoisotopic (exact) mass is 865 g/mol. The molecule has 275 valence electrons. The van der Waals surface area contributed by atoms with Crippen molar-refractivity contribution in [1.29, 1.82) is 0 Å². The third kappa shape index (κ3) is 9.67. The standard InChI is InChI=1S/C31H30NO.C15H28O2.Ir/c1-20(2)15-25-17-23-10-8-12-27(30(23)33-25)22-13-14-32-29(19-22)24-16-21-9-6-7-11-26(21)28(18-24)31(3,4)5;1-7-14(5,8-2)12(16)11-13(17)15(6,9-3)10-4;/h6-14,17-20H,15H2,1-5H3;11,16H,7-10H2,1-6H3;/q-1;;/b;12-11-;. The van der Waals surface area contributed by atoms with Crippen molar-refractivity contribution in [2.75, 3.05) is 0 Å². The Morgan fingerprint density at radius 1 is 0.863 bits per heavy atom. The number of para-hydroxylation sites is 1. The second-order valence-corrected chi connectivity index (χ2v) is 15.8. The summed E-state index contributed by atoms with van der Waals surface area (Å²) in [5.74, 6) is 1.88. The van der Waals surface area contributed by atoms with E-state index in [2.05, 4.69) is 107 Å². The van der Waals surface area contributed by atoms with Crippen molar-refractivity contribution < 1.29 is 34.4 Å². The normalized spacial score (nSPS) is 12.5. The minimum Gasteiger partial charge on any atom is -0.512 e. The Morgan fingerprint density at radius 3 is 2.12 bits per heavy atom. The molecule has 0 unspecified atom stereocenters. The van der Waals surface area contributed by atoms with E-state index in [1.54, 1.807) is 0 Å². The molecular formula is C46H58IrNO3-. The van der Waals surface area contributed by atoms with Gasteiger partial charge in [0.15, 0.2) is 5.78 Å². The van der Waals surface area contributed by atoms with Gasteiger partial charge in [0.2, 0.25) is 0 Å². The topological polar surface area (TPSA) is 63.3 Å². The van der Waals surface area contributed by atoms with Crippen LogP contribution in [0.25, 0.3) is 44.1 Å². The number of aliphatic hydroxyl groups is 1. The van der Waals surface area contributed by atoms with Gasteiger partial charge in [0.25, 0.3) is 0 Å². The molecule has 0 spiro atoms. The minimum absolute atomic E-state index is 0. The van der Waals surface area contributed by atoms with Crippen molar-refractivity contribution in [1.82, 2.24) is 4.98 Å². The zero-order chi connectivity index (χ0) is 36.9. The second kappa shape index (κ2) is 17.3. The van der Waals surface area contributed by atoms with E-state index in [9.17, 15) is 9.90 Å². The Labute approximate surface area is 320 Å². The van der Waals surface area contributed by atoms with Gasteiger partial charge in [0.1, 0.15) is 17.1 Å². The van der Waals surface area contributed by atoms with E-state index in [-0.39, 0.29) is 47.9 Å². The van der Waals surface area contributed by atoms with Crippen LogP contribution in [0.15, 0.2) is 89.2 Å². The number of hydrogen-bond donors (Lipinski definition) is 1. The number of fused-ring (bicyclic) bond motifs is 2. The van der Waals surface area contributed by atoms with Gasteiger partial charge in [0.05, 0.1) is 0 Å². The van der Waals surface area contributed by atoms with Gasteiger partial charge in [-0.25, -0.2) is 0 Å². The molecule has 5 aromatic rings. The second-order valence-electron chi connectivity index (χ2n) is 15.8. The molecule has 0 saturated carbocycles. The van der Waals surface area contributed by atoms with Crippen molar-refractivity contribution in [3.63, 3.8) is 0 Å². The molecule has 2 aromatic heterocycles. The van der Waals surface area contributed by atoms with Crippen LogP contribution in [-0.2, 0) is 36.7 Å². The third-order valence-corrected chi connectivity index (χ3v) is 10.7. The zero-order valence-corrected chi connectivity index (χ0v) is 35.1. The number of carbonyl (C=O) groups excluding carboxylic acids is 1. The van der Waals surface area contributed by atoms with Gasteiger partial charge in [-0.15, -0.1) is 29.1 Å². The third-order valence-electron chi connectivity index (χ3n) is 10.7. The summed E-state index contributed by atoms with van der Waals surface area (Å²) in [5, 5.41) is 13.7. The van der Waals surface area contributed by atoms with Gasteiger partial charge in [-0.3, -0.25) is 9.78 Å². The molecule has 0 amide bonds. The van der Waals surface area contributed by atoms with Crippen molar-refractivity contribution >= 4 is 27.5 Å². The van der Waals surface area contributed by atoms with E-state index in [4.69, 9.17) is 9.40 Å². The summed E-state index contributed by atoms with van der Waals surface area (Å²) >= 11 is 0. The van der Waals surface area contributed by atoms with Crippen LogP contribution in [0.5, 0.6) is 0 Å². The van der Waals surface area contributed by atoms with Crippen LogP contribution in [-0.4, -0.2) is 15.9 Å². The van der Waals surface area contributed by atoms with Crippen LogP contribution in [0.1, 0.15) is 113 Å². The maximum Gasteiger partial charge on any atom is 0.164 e. The maximum absolute atomic E-state index is 12.2. The first kappa shape index (κ1) is 41.9. The predicted molar refractivity (Wildman–Crippen MR) is 212 cm³/mol. The molecule has 0 fully saturated rings. The number of hydrogen-bond acceptors (Lipinski definition) is 4. The predicted octanol–water partition coefficient (Wildman–Crippen LogP) is 13.3. The van der Waals surface area contributed by atoms with Gasteiger partial charge in [-0.05, 0) is 54.7 Å². The van der Waals surface area contributed by atoms with E-state index in [0.717, 1.165) is 76.6 Å². The van der Waals surface area contributed by atoms with Crippen LogP contribution >= 0.6 is 0 Å². The Bertz CT molecular complexity index is 1950. The molecule has 1 radical (unpaired) electrons. The van der Waals surface area contributed by atoms with E-state index in [1.807, 2.05) is 47.7 Å². The maximum atomic E-state index is 12.2. The zero-order valence-electron chi connectivity index (χ0n) is 32.7. The number of allylic oxidation sites excluding steroid dienone is 2. The first-order chi connectivity index (χ1) is 23.6. The number of benzene rings is 3. The number of aliphatic hydroxyl groups excluding tert-OH is 1. The Kier molecular flexibility index (Phi) is 14.2. The summed E-state index contributed by atoms with van der Waals surface area (Å²) in [6.07, 6.45) is 7.59. The summed E-state index contributed by atoms with van der Waals surface area (Å²) in [6, 6.07) is 27.1. The number of nitrogens with zero attached hydrogens (tertiary/aromatic N) is 1. The Hall–Kier alpha value is -3.53. The number of carbonyl (C=O) groups is 1. The molecule has 1 N–H and O–H groups in total. The smallest absolute Gasteiger partial charge is 0.164 e. The number of rotatable bonds is 11. The Morgan fingerprint density at radius 2 is 1.51 bits per heavy atom. The molecule has 0 atom stereocenters. The number of ketones is 1. The molecule has 0 saturated heterocycles. The van der Waals surface area contributed by atoms with Crippen LogP contribution in [0.2, 0.25) is 0 Å². The fraction of sp³-hybridized carbons (Fsp3) is 0.435. The van der Waals surface area contributed by atoms with Crippen LogP contribution < -0.4 is 0 Å². The van der Waals surface area contributed by atoms with E-state index < -0.39 is 0 Å². The summed E-state index contributed by atoms with van der Waals surface area (Å²) in [7, 11) is 0. The first-order valence-corrected chi connectivity index (χ1v) is 18.5. The van der Waals surface area contributed by atoms with Crippen molar-refractivity contribution in [2.24, 2.45) is 16.7 Å². The molecule has 5 heteroatoms. The molecular weight excluding hydrogens is 807 g/mol. The van der Waals surface area contributed by atoms with E-state index in [1.165, 1.54) is 17.0 Å².